The Hall–Kier alpha value is -5.70. The van der Waals surface area contributed by atoms with Gasteiger partial charge in [-0.05, 0) is 110 Å². The van der Waals surface area contributed by atoms with Gasteiger partial charge in [0.15, 0.2) is 11.5 Å². The van der Waals surface area contributed by atoms with Crippen LogP contribution in [0.1, 0.15) is 80.4 Å². The van der Waals surface area contributed by atoms with Crippen molar-refractivity contribution in [2.75, 3.05) is 33.2 Å². The van der Waals surface area contributed by atoms with E-state index >= 15 is 0 Å². The van der Waals surface area contributed by atoms with E-state index in [0.717, 1.165) is 55.2 Å². The first-order valence-electron chi connectivity index (χ1n) is 22.1. The fourth-order valence-corrected chi connectivity index (χ4v) is 9.93. The number of hydrogen-bond donors (Lipinski definition) is 2. The van der Waals surface area contributed by atoms with Crippen LogP contribution < -0.4 is 18.9 Å². The molecule has 0 spiro atoms. The fraction of sp³-hybridized carbons (Fsp3) is 0.469. The number of carbonyl (C=O) groups is 1. The molecule has 63 heavy (non-hydrogen) atoms. The van der Waals surface area contributed by atoms with E-state index in [9.17, 15) is 25.1 Å². The van der Waals surface area contributed by atoms with Crippen molar-refractivity contribution in [1.29, 1.82) is 0 Å². The predicted molar refractivity (Wildman–Crippen MR) is 234 cm³/mol. The Morgan fingerprint density at radius 3 is 2.38 bits per heavy atom. The molecule has 0 saturated heterocycles. The maximum Gasteiger partial charge on any atom is 0.269 e. The van der Waals surface area contributed by atoms with Crippen molar-refractivity contribution < 1.29 is 48.5 Å². The lowest BCUT2D eigenvalue weighted by atomic mass is 9.55. The van der Waals surface area contributed by atoms with E-state index in [2.05, 4.69) is 25.3 Å². The second kappa shape index (κ2) is 19.8. The molecular weight excluding hydrogens is 807 g/mol. The highest BCUT2D eigenvalue weighted by Gasteiger charge is 2.66. The number of carbonyl (C=O) groups excluding carboxylic acids is 1. The Balaban J connectivity index is 1.31. The van der Waals surface area contributed by atoms with Gasteiger partial charge in [-0.25, -0.2) is 0 Å². The molecule has 3 aliphatic carbocycles. The number of nitrogens with zero attached hydrogens (tertiary/aromatic N) is 3. The van der Waals surface area contributed by atoms with Crippen molar-refractivity contribution >= 4 is 17.3 Å². The first kappa shape index (κ1) is 43.9. The molecule has 334 valence electrons. The van der Waals surface area contributed by atoms with E-state index in [1.807, 2.05) is 35.2 Å². The van der Waals surface area contributed by atoms with Crippen LogP contribution in [-0.2, 0) is 27.5 Å². The zero-order valence-electron chi connectivity index (χ0n) is 35.6. The molecule has 6 atom stereocenters. The molecule has 0 aromatic heterocycles. The second-order valence-corrected chi connectivity index (χ2v) is 17.0. The molecule has 5 aliphatic rings. The molecule has 2 saturated carbocycles. The molecule has 0 bridgehead atoms. The molecule has 0 radical (unpaired) electrons. The standard InChI is InChI=1S/C49H57N3O11/c1-3-23-58-37-18-20-42-40(27-37)46-38(10-6-8-22-54)35(9-5-7-21-53)26-39-41(50-62-30-32-11-16-36(17-12-32)52(56)57)28-45(49(63-42,47(39)46)61-24-4-2)51(48(55)34-14-15-34)29-33-13-19-43-44(25-33)60-31-59-43/h3-4,11-13,16-20,25-27,34-35,38,45-47,53-54H,1-2,5-10,14-15,21-24,28-31H2. The van der Waals surface area contributed by atoms with Gasteiger partial charge >= 0.3 is 0 Å². The predicted octanol–water partition coefficient (Wildman–Crippen LogP) is 8.16. The molecule has 14 heteroatoms. The van der Waals surface area contributed by atoms with Gasteiger partial charge in [-0.2, -0.15) is 0 Å². The number of amides is 1. The van der Waals surface area contributed by atoms with Crippen LogP contribution in [-0.4, -0.2) is 76.7 Å². The van der Waals surface area contributed by atoms with Crippen molar-refractivity contribution in [3.05, 3.63) is 124 Å². The molecule has 2 heterocycles. The van der Waals surface area contributed by atoms with Crippen LogP contribution in [0.15, 0.2) is 103 Å². The molecule has 2 N–H and O–H groups in total. The lowest BCUT2D eigenvalue weighted by Crippen LogP contribution is -2.70. The van der Waals surface area contributed by atoms with E-state index in [1.54, 1.807) is 24.3 Å². The van der Waals surface area contributed by atoms with Gasteiger partial charge in [-0.15, -0.1) is 6.58 Å². The fourth-order valence-electron chi connectivity index (χ4n) is 9.93. The summed E-state index contributed by atoms with van der Waals surface area (Å²) in [4.78, 5) is 34.0. The number of nitro groups is 1. The van der Waals surface area contributed by atoms with Crippen molar-refractivity contribution in [2.45, 2.75) is 88.7 Å². The summed E-state index contributed by atoms with van der Waals surface area (Å²) >= 11 is 0. The topological polar surface area (TPSA) is 172 Å². The lowest BCUT2D eigenvalue weighted by molar-refractivity contribution is -0.384. The Bertz CT molecular complexity index is 2200. The minimum Gasteiger partial charge on any atom is -0.490 e. The quantitative estimate of drug-likeness (QED) is 0.0432. The first-order chi connectivity index (χ1) is 30.8. The summed E-state index contributed by atoms with van der Waals surface area (Å²) < 4.78 is 32.1. The van der Waals surface area contributed by atoms with Crippen LogP contribution >= 0.6 is 0 Å². The van der Waals surface area contributed by atoms with Crippen LogP contribution in [0.25, 0.3) is 0 Å². The molecule has 3 aromatic carbocycles. The molecular formula is C49H57N3O11. The molecule has 2 aliphatic heterocycles. The van der Waals surface area contributed by atoms with Crippen LogP contribution in [0.3, 0.4) is 0 Å². The van der Waals surface area contributed by atoms with Crippen LogP contribution in [0, 0.1) is 33.8 Å². The third-order valence-electron chi connectivity index (χ3n) is 12.9. The van der Waals surface area contributed by atoms with E-state index < -0.39 is 22.7 Å². The number of oxime groups is 1. The monoisotopic (exact) mass is 863 g/mol. The molecule has 14 nitrogen and oxygen atoms in total. The third kappa shape index (κ3) is 9.34. The largest absolute Gasteiger partial charge is 0.490 e. The number of fused-ring (bicyclic) bond motifs is 3. The number of unbranched alkanes of at least 4 members (excludes halogenated alkanes) is 2. The molecule has 3 aromatic rings. The van der Waals surface area contributed by atoms with E-state index in [0.29, 0.717) is 53.7 Å². The Morgan fingerprint density at radius 2 is 1.65 bits per heavy atom. The highest BCUT2D eigenvalue weighted by atomic mass is 16.7. The summed E-state index contributed by atoms with van der Waals surface area (Å²) in [7, 11) is 0. The smallest absolute Gasteiger partial charge is 0.269 e. The number of non-ortho nitro benzene ring substituents is 1. The van der Waals surface area contributed by atoms with Crippen molar-refractivity contribution in [1.82, 2.24) is 4.90 Å². The van der Waals surface area contributed by atoms with E-state index in [4.69, 9.17) is 33.7 Å². The average Bonchev–Trinajstić information content (AvgIpc) is 4.05. The number of aliphatic hydroxyl groups is 2. The van der Waals surface area contributed by atoms with Crippen LogP contribution in [0.4, 0.5) is 5.69 Å². The Kier molecular flexibility index (Phi) is 13.8. The minimum absolute atomic E-state index is 0.00544. The molecule has 6 unspecified atom stereocenters. The third-order valence-corrected chi connectivity index (χ3v) is 12.9. The summed E-state index contributed by atoms with van der Waals surface area (Å²) in [6.07, 6.45) is 12.0. The van der Waals surface area contributed by atoms with Gasteiger partial charge in [0, 0.05) is 55.7 Å². The van der Waals surface area contributed by atoms with Gasteiger partial charge in [-0.3, -0.25) is 14.9 Å². The highest BCUT2D eigenvalue weighted by molar-refractivity contribution is 6.03. The average molecular weight is 864 g/mol. The normalized spacial score (nSPS) is 24.6. The number of rotatable bonds is 22. The number of benzene rings is 3. The van der Waals surface area contributed by atoms with Gasteiger partial charge in [-0.1, -0.05) is 48.9 Å². The number of aliphatic hydroxyl groups excluding tert-OH is 2. The highest BCUT2D eigenvalue weighted by Crippen LogP contribution is 2.62. The molecule has 1 amide bonds. The van der Waals surface area contributed by atoms with E-state index in [1.165, 1.54) is 12.1 Å². The van der Waals surface area contributed by atoms with Gasteiger partial charge in [0.1, 0.15) is 30.8 Å². The number of ether oxygens (including phenoxy) is 5. The van der Waals surface area contributed by atoms with Crippen molar-refractivity contribution in [2.24, 2.45) is 28.8 Å². The maximum atomic E-state index is 14.9. The second-order valence-electron chi connectivity index (χ2n) is 17.0. The Labute approximate surface area is 367 Å². The first-order valence-corrected chi connectivity index (χ1v) is 22.1. The van der Waals surface area contributed by atoms with Gasteiger partial charge < -0.3 is 43.6 Å². The van der Waals surface area contributed by atoms with Crippen LogP contribution in [0.2, 0.25) is 0 Å². The number of allylic oxidation sites excluding steroid dienone is 1. The number of nitro benzene ring substituents is 1. The van der Waals surface area contributed by atoms with E-state index in [-0.39, 0.29) is 81.5 Å². The summed E-state index contributed by atoms with van der Waals surface area (Å²) in [6, 6.07) is 17.1. The Morgan fingerprint density at radius 1 is 0.921 bits per heavy atom. The lowest BCUT2D eigenvalue weighted by Gasteiger charge is -2.60. The zero-order chi connectivity index (χ0) is 43.9. The van der Waals surface area contributed by atoms with Gasteiger partial charge in [0.25, 0.3) is 5.69 Å². The SMILES string of the molecule is C=CCOc1ccc2c(c1)C1C(CCCCO)C(CCCCO)C=C3C(=NOCc4ccc([N+](=O)[O-])cc4)CC(N(Cc4ccc5c(c4)OCO5)C(=O)C4CC4)C(OCC=C)(O2)C31. The maximum absolute atomic E-state index is 14.9. The van der Waals surface area contributed by atoms with Gasteiger partial charge in [0.05, 0.1) is 23.2 Å². The van der Waals surface area contributed by atoms with Gasteiger partial charge in [0.2, 0.25) is 18.5 Å². The summed E-state index contributed by atoms with van der Waals surface area (Å²) in [5, 5.41) is 36.2. The zero-order valence-corrected chi connectivity index (χ0v) is 35.6. The summed E-state index contributed by atoms with van der Waals surface area (Å²) in [6.45, 7) is 8.93. The van der Waals surface area contributed by atoms with Crippen molar-refractivity contribution in [3.63, 3.8) is 0 Å². The number of hydrogen-bond acceptors (Lipinski definition) is 12. The van der Waals surface area contributed by atoms with Crippen LogP contribution in [0.5, 0.6) is 23.0 Å². The summed E-state index contributed by atoms with van der Waals surface area (Å²) in [5.74, 6) is 0.324. The summed E-state index contributed by atoms with van der Waals surface area (Å²) in [5.41, 5.74) is 4.05. The molecule has 8 rings (SSSR count). The van der Waals surface area contributed by atoms with Crippen molar-refractivity contribution in [3.8, 4) is 23.0 Å². The molecule has 2 fully saturated rings. The minimum atomic E-state index is -1.43.